The Morgan fingerprint density at radius 2 is 0.864 bits per heavy atom. The Morgan fingerprint density at radius 1 is 0.469 bits per heavy atom. The summed E-state index contributed by atoms with van der Waals surface area (Å²) >= 11 is 0. The molecule has 22 nitrogen and oxygen atoms in total. The molecule has 0 amide bonds. The van der Waals surface area contributed by atoms with Crippen molar-refractivity contribution in [3.63, 3.8) is 0 Å². The van der Waals surface area contributed by atoms with Crippen LogP contribution in [0, 0.1) is 49.7 Å². The van der Waals surface area contributed by atoms with E-state index in [1.807, 2.05) is 57.2 Å². The number of aliphatic hydroxyl groups excluding tert-OH is 1. The average Bonchev–Trinajstić information content (AvgIpc) is 4.34. The minimum Gasteiger partial charge on any atom is -0.710 e. The molecule has 22 heteroatoms. The van der Waals surface area contributed by atoms with Gasteiger partial charge in [0, 0.05) is 98.3 Å². The number of nitrogens with zero attached hydrogens (tertiary/aromatic N) is 14. The van der Waals surface area contributed by atoms with Crippen LogP contribution in [0.15, 0.2) is 54.9 Å². The van der Waals surface area contributed by atoms with Crippen LogP contribution >= 0.6 is 0 Å². The number of rotatable bonds is 9. The molecule has 81 heavy (non-hydrogen) atoms. The van der Waals surface area contributed by atoms with Crippen LogP contribution < -0.4 is 24.1 Å². The van der Waals surface area contributed by atoms with Gasteiger partial charge in [0.15, 0.2) is 18.0 Å². The van der Waals surface area contributed by atoms with Gasteiger partial charge in [0.05, 0.1) is 37.7 Å². The third-order valence-electron chi connectivity index (χ3n) is 17.0. The minimum absolute atomic E-state index is 0.189. The molecule has 8 aromatic rings. The van der Waals surface area contributed by atoms with Crippen LogP contribution in [0.3, 0.4) is 0 Å². The molecule has 2 saturated heterocycles. The van der Waals surface area contributed by atoms with E-state index in [0.29, 0.717) is 85.5 Å². The second kappa shape index (κ2) is 24.5. The van der Waals surface area contributed by atoms with Crippen LogP contribution in [-0.4, -0.2) is 123 Å². The number of aryl methyl sites for hydroxylation is 3. The van der Waals surface area contributed by atoms with Gasteiger partial charge in [0.25, 0.3) is 16.6 Å². The maximum absolute atomic E-state index is 12.4. The predicted octanol–water partition coefficient (Wildman–Crippen LogP) is 2.90. The Labute approximate surface area is 469 Å². The van der Waals surface area contributed by atoms with Gasteiger partial charge in [-0.1, -0.05) is 34.1 Å². The maximum Gasteiger partial charge on any atom is 0.376 e. The number of ether oxygens (including phenoxy) is 2. The van der Waals surface area contributed by atoms with Crippen molar-refractivity contribution in [2.45, 2.75) is 105 Å². The Kier molecular flexibility index (Phi) is 16.8. The molecule has 4 atom stereocenters. The number of hydrogen-bond donors (Lipinski definition) is 1. The second-order valence-corrected chi connectivity index (χ2v) is 22.5. The monoisotopic (exact) mass is 1100 g/mol. The SMILES string of the molecule is CCc1n[n+]([O-])c2cc3c(cc2[n+]1[O-])CC(CN1CCOCC1)C3.CCc1nc2cc3c(cc2[n+]([O-])n1)CC(CC)C3.CCc1nc2cc3c(cc2[n+]([O-])n1)CC(CN1CCOCC1)C3.[O-][n+]1ncnc2cc3c(cc21)CC(CO)C3. The molecule has 0 radical (unpaired) electrons. The van der Waals surface area contributed by atoms with Crippen LogP contribution in [0.25, 0.3) is 44.1 Å². The topological polar surface area (TPSA) is 270 Å². The second-order valence-electron chi connectivity index (χ2n) is 22.5. The van der Waals surface area contributed by atoms with Gasteiger partial charge >= 0.3 is 11.3 Å². The van der Waals surface area contributed by atoms with E-state index in [1.165, 1.54) is 51.7 Å². The first kappa shape index (κ1) is 55.7. The van der Waals surface area contributed by atoms with Crippen molar-refractivity contribution in [1.82, 2.24) is 45.1 Å². The number of hydrogen-bond acceptors (Lipinski definition) is 17. The van der Waals surface area contributed by atoms with E-state index >= 15 is 0 Å². The fourth-order valence-corrected chi connectivity index (χ4v) is 12.7. The molecule has 6 heterocycles. The van der Waals surface area contributed by atoms with Crippen LogP contribution in [0.2, 0.25) is 0 Å². The molecule has 0 spiro atoms. The van der Waals surface area contributed by atoms with E-state index < -0.39 is 0 Å². The van der Waals surface area contributed by atoms with E-state index in [0.717, 1.165) is 154 Å². The fourth-order valence-electron chi connectivity index (χ4n) is 12.7. The fraction of sp³-hybridized carbons (Fsp3) is 0.525. The Balaban J connectivity index is 0.000000115. The average molecular weight is 1110 g/mol. The van der Waals surface area contributed by atoms with Crippen LogP contribution in [0.5, 0.6) is 0 Å². The van der Waals surface area contributed by atoms with Gasteiger partial charge < -0.3 is 40.6 Å². The molecule has 426 valence electrons. The van der Waals surface area contributed by atoms with Gasteiger partial charge in [-0.2, -0.15) is 0 Å². The summed E-state index contributed by atoms with van der Waals surface area (Å²) in [6.45, 7) is 17.6. The Morgan fingerprint density at radius 3 is 1.31 bits per heavy atom. The van der Waals surface area contributed by atoms with E-state index in [-0.39, 0.29) is 18.3 Å². The largest absolute Gasteiger partial charge is 0.710 e. The molecule has 6 aliphatic rings. The molecule has 4 aromatic carbocycles. The van der Waals surface area contributed by atoms with Crippen LogP contribution in [-0.2, 0) is 80.1 Å². The molecular formula is C59H72N14O8. The summed E-state index contributed by atoms with van der Waals surface area (Å²) in [6.07, 6.45) is 12.2. The van der Waals surface area contributed by atoms with Gasteiger partial charge in [-0.15, -0.1) is 0 Å². The summed E-state index contributed by atoms with van der Waals surface area (Å²) in [4.78, 5) is 20.6. The number of benzene rings is 4. The Bertz CT molecular complexity index is 3600. The van der Waals surface area contributed by atoms with Crippen LogP contribution in [0.1, 0.15) is 96.1 Å². The third-order valence-corrected chi connectivity index (χ3v) is 17.0. The maximum atomic E-state index is 12.4. The lowest BCUT2D eigenvalue weighted by Gasteiger charge is -2.28. The number of fused-ring (bicyclic) bond motifs is 8. The minimum atomic E-state index is 0.189. The molecule has 4 unspecified atom stereocenters. The zero-order valence-corrected chi connectivity index (χ0v) is 46.8. The van der Waals surface area contributed by atoms with E-state index in [9.17, 15) is 26.0 Å². The van der Waals surface area contributed by atoms with Gasteiger partial charge in [-0.05, 0) is 158 Å². The number of morpholine rings is 2. The van der Waals surface area contributed by atoms with Crippen molar-refractivity contribution in [3.8, 4) is 0 Å². The first-order valence-corrected chi connectivity index (χ1v) is 29.0. The summed E-state index contributed by atoms with van der Waals surface area (Å²) < 4.78 is 11.6. The van der Waals surface area contributed by atoms with E-state index in [4.69, 9.17) is 14.6 Å². The molecule has 14 rings (SSSR count). The summed E-state index contributed by atoms with van der Waals surface area (Å²) in [5, 5.41) is 84.4. The summed E-state index contributed by atoms with van der Waals surface area (Å²) in [5.41, 5.74) is 14.7. The van der Waals surface area contributed by atoms with Gasteiger partial charge in [-0.3, -0.25) is 9.80 Å². The molecule has 4 aliphatic carbocycles. The van der Waals surface area contributed by atoms with Crippen molar-refractivity contribution in [3.05, 3.63) is 143 Å². The standard InChI is InChI=1S/C17H22N4O3.C17H22N4O2.C14H17N3O.C11H11N3O2/c1-2-17-18-21(23)16-10-14-8-12(11-19-3-5-24-6-4-19)7-13(14)9-15(16)20(17)22;1-2-17-18-15-9-13-7-12(11-20-3-5-23-6-4-20)8-14(13)10-16(15)21(22)19-17;1-3-9-5-10-7-12-13(8-11(10)6-9)17(18)16-14(4-2)15-12;15-5-7-1-8-3-10-11(4-9(8)2-7)14(16)13-6-12-10/h9-10,12H,2-8,11H2,1H3;9-10,12H,2-8,11H2,1H3;7-9H,3-6H2,1-2H3;3-4,6-7,15H,1-2,5H2. The van der Waals surface area contributed by atoms with Crippen molar-refractivity contribution in [2.75, 3.05) is 72.3 Å². The van der Waals surface area contributed by atoms with Crippen molar-refractivity contribution in [2.24, 2.45) is 23.7 Å². The summed E-state index contributed by atoms with van der Waals surface area (Å²) in [7, 11) is 0. The zero-order chi connectivity index (χ0) is 56.3. The van der Waals surface area contributed by atoms with Crippen molar-refractivity contribution in [1.29, 1.82) is 0 Å². The number of aliphatic hydroxyl groups is 1. The Hall–Kier alpha value is -7.24. The smallest absolute Gasteiger partial charge is 0.376 e. The number of aromatic nitrogens is 12. The van der Waals surface area contributed by atoms with Gasteiger partial charge in [0.2, 0.25) is 10.6 Å². The molecule has 2 fully saturated rings. The molecule has 0 saturated carbocycles. The lowest BCUT2D eigenvalue weighted by Crippen LogP contribution is -2.45. The first-order chi connectivity index (χ1) is 39.4. The third kappa shape index (κ3) is 12.2. The summed E-state index contributed by atoms with van der Waals surface area (Å²) in [6, 6.07) is 15.7. The lowest BCUT2D eigenvalue weighted by molar-refractivity contribution is -0.685. The molecule has 0 bridgehead atoms. The highest BCUT2D eigenvalue weighted by molar-refractivity contribution is 5.75. The quantitative estimate of drug-likeness (QED) is 0.161. The van der Waals surface area contributed by atoms with Gasteiger partial charge in [-0.25, -0.2) is 19.7 Å². The highest BCUT2D eigenvalue weighted by Crippen LogP contribution is 2.33. The van der Waals surface area contributed by atoms with Crippen molar-refractivity contribution < 1.29 is 38.7 Å². The summed E-state index contributed by atoms with van der Waals surface area (Å²) in [5.74, 6) is 3.64. The van der Waals surface area contributed by atoms with E-state index in [2.05, 4.69) is 64.2 Å². The van der Waals surface area contributed by atoms with Gasteiger partial charge in [0.1, 0.15) is 16.6 Å². The molecule has 1 N–H and O–H groups in total. The molecule has 2 aliphatic heterocycles. The highest BCUT2D eigenvalue weighted by atomic mass is 16.5. The predicted molar refractivity (Wildman–Crippen MR) is 299 cm³/mol. The first-order valence-electron chi connectivity index (χ1n) is 29.0. The normalized spacial score (nSPS) is 20.3. The highest BCUT2D eigenvalue weighted by Gasteiger charge is 2.31. The molecular weight excluding hydrogens is 1030 g/mol. The van der Waals surface area contributed by atoms with Crippen LogP contribution in [0.4, 0.5) is 0 Å². The molecule has 4 aromatic heterocycles. The van der Waals surface area contributed by atoms with E-state index in [1.54, 1.807) is 0 Å². The lowest BCUT2D eigenvalue weighted by atomic mass is 10.0. The van der Waals surface area contributed by atoms with Crippen molar-refractivity contribution >= 4 is 44.1 Å². The zero-order valence-electron chi connectivity index (χ0n) is 46.8.